The molecule has 0 bridgehead atoms. The van der Waals surface area contributed by atoms with E-state index in [1.165, 1.54) is 12.1 Å². The highest BCUT2D eigenvalue weighted by Crippen LogP contribution is 2.24. The molecule has 2 aromatic rings. The van der Waals surface area contributed by atoms with Gasteiger partial charge < -0.3 is 10.4 Å². The first kappa shape index (κ1) is 12.6. The Bertz CT molecular complexity index is 650. The number of nitro groups is 1. The van der Waals surface area contributed by atoms with E-state index in [4.69, 9.17) is 5.11 Å². The van der Waals surface area contributed by atoms with Crippen LogP contribution in [0.1, 0.15) is 10.4 Å². The van der Waals surface area contributed by atoms with E-state index in [1.54, 1.807) is 24.1 Å². The summed E-state index contributed by atoms with van der Waals surface area (Å²) >= 11 is 0. The molecule has 8 heteroatoms. The highest BCUT2D eigenvalue weighted by atomic mass is 16.6. The molecule has 0 aliphatic carbocycles. The summed E-state index contributed by atoms with van der Waals surface area (Å²) in [4.78, 5) is 21.0. The van der Waals surface area contributed by atoms with Crippen LogP contribution in [0.25, 0.3) is 0 Å². The van der Waals surface area contributed by atoms with Crippen LogP contribution in [0.15, 0.2) is 30.6 Å². The molecule has 2 rings (SSSR count). The van der Waals surface area contributed by atoms with Gasteiger partial charge in [-0.15, -0.1) is 0 Å². The summed E-state index contributed by atoms with van der Waals surface area (Å²) in [6.07, 6.45) is 3.25. The van der Waals surface area contributed by atoms with Crippen LogP contribution in [-0.2, 0) is 7.05 Å². The fourth-order valence-corrected chi connectivity index (χ4v) is 1.60. The van der Waals surface area contributed by atoms with Crippen molar-refractivity contribution in [1.82, 2.24) is 9.78 Å². The van der Waals surface area contributed by atoms with E-state index in [1.807, 2.05) is 0 Å². The average Bonchev–Trinajstić information content (AvgIpc) is 2.74. The number of anilines is 2. The molecule has 0 unspecified atom stereocenters. The van der Waals surface area contributed by atoms with Gasteiger partial charge >= 0.3 is 5.97 Å². The Morgan fingerprint density at radius 1 is 1.47 bits per heavy atom. The number of nitrogens with zero attached hydrogens (tertiary/aromatic N) is 3. The van der Waals surface area contributed by atoms with Crippen LogP contribution in [0.3, 0.4) is 0 Å². The zero-order valence-electron chi connectivity index (χ0n) is 9.90. The lowest BCUT2D eigenvalue weighted by Crippen LogP contribution is -2.03. The normalized spacial score (nSPS) is 10.2. The lowest BCUT2D eigenvalue weighted by molar-refractivity contribution is -0.385. The molecule has 8 nitrogen and oxygen atoms in total. The monoisotopic (exact) mass is 262 g/mol. The number of rotatable bonds is 4. The van der Waals surface area contributed by atoms with Crippen molar-refractivity contribution in [3.05, 3.63) is 46.3 Å². The van der Waals surface area contributed by atoms with Crippen molar-refractivity contribution in [2.45, 2.75) is 0 Å². The van der Waals surface area contributed by atoms with Gasteiger partial charge in [-0.25, -0.2) is 4.79 Å². The van der Waals surface area contributed by atoms with Gasteiger partial charge in [0.15, 0.2) is 0 Å². The van der Waals surface area contributed by atoms with E-state index in [0.29, 0.717) is 11.4 Å². The maximum Gasteiger partial charge on any atom is 0.342 e. The second-order valence-electron chi connectivity index (χ2n) is 3.82. The molecule has 98 valence electrons. The number of nitrogens with one attached hydrogen (secondary N) is 1. The standard InChI is InChI=1S/C11H10N4O4/c1-14-6-8(5-12-14)13-7-2-3-10(15(18)19)9(4-7)11(16)17/h2-6,13H,1H3,(H,16,17). The van der Waals surface area contributed by atoms with E-state index in [0.717, 1.165) is 6.07 Å². The Balaban J connectivity index is 2.35. The predicted molar refractivity (Wildman–Crippen MR) is 66.5 cm³/mol. The first-order chi connectivity index (χ1) is 8.97. The summed E-state index contributed by atoms with van der Waals surface area (Å²) in [5.41, 5.74) is 0.298. The van der Waals surface area contributed by atoms with Crippen molar-refractivity contribution >= 4 is 23.0 Å². The van der Waals surface area contributed by atoms with Crippen molar-refractivity contribution in [3.63, 3.8) is 0 Å². The molecule has 1 heterocycles. The highest BCUT2D eigenvalue weighted by molar-refractivity contribution is 5.93. The maximum atomic E-state index is 11.0. The van der Waals surface area contributed by atoms with Gasteiger partial charge in [0.05, 0.1) is 16.8 Å². The number of hydrogen-bond donors (Lipinski definition) is 2. The van der Waals surface area contributed by atoms with Gasteiger partial charge in [-0.05, 0) is 12.1 Å². The molecule has 0 saturated heterocycles. The number of benzene rings is 1. The first-order valence-corrected chi connectivity index (χ1v) is 5.25. The van der Waals surface area contributed by atoms with Crippen LogP contribution in [0, 0.1) is 10.1 Å². The van der Waals surface area contributed by atoms with Gasteiger partial charge in [-0.1, -0.05) is 0 Å². The third-order valence-corrected chi connectivity index (χ3v) is 2.42. The fourth-order valence-electron chi connectivity index (χ4n) is 1.60. The van der Waals surface area contributed by atoms with Gasteiger partial charge in [-0.2, -0.15) is 5.10 Å². The molecule has 0 saturated carbocycles. The molecule has 0 radical (unpaired) electrons. The number of aromatic carboxylic acids is 1. The van der Waals surface area contributed by atoms with E-state index in [2.05, 4.69) is 10.4 Å². The Morgan fingerprint density at radius 3 is 2.74 bits per heavy atom. The summed E-state index contributed by atoms with van der Waals surface area (Å²) in [5.74, 6) is -1.35. The third kappa shape index (κ3) is 2.68. The smallest absolute Gasteiger partial charge is 0.342 e. The van der Waals surface area contributed by atoms with Crippen molar-refractivity contribution < 1.29 is 14.8 Å². The molecule has 1 aromatic heterocycles. The zero-order chi connectivity index (χ0) is 14.0. The second kappa shape index (κ2) is 4.77. The number of carboxylic acid groups (broad SMARTS) is 1. The Kier molecular flexibility index (Phi) is 3.15. The molecule has 0 aliphatic rings. The lowest BCUT2D eigenvalue weighted by atomic mass is 10.1. The van der Waals surface area contributed by atoms with E-state index < -0.39 is 16.6 Å². The van der Waals surface area contributed by atoms with E-state index in [-0.39, 0.29) is 5.56 Å². The van der Waals surface area contributed by atoms with Gasteiger partial charge in [0.2, 0.25) is 0 Å². The highest BCUT2D eigenvalue weighted by Gasteiger charge is 2.19. The Hall–Kier alpha value is -2.90. The number of aryl methyl sites for hydroxylation is 1. The van der Waals surface area contributed by atoms with Crippen molar-refractivity contribution in [3.8, 4) is 0 Å². The molecule has 0 spiro atoms. The van der Waals surface area contributed by atoms with E-state index in [9.17, 15) is 14.9 Å². The van der Waals surface area contributed by atoms with Crippen LogP contribution < -0.4 is 5.32 Å². The van der Waals surface area contributed by atoms with Crippen LogP contribution >= 0.6 is 0 Å². The Labute approximate surface area is 107 Å². The fraction of sp³-hybridized carbons (Fsp3) is 0.0909. The van der Waals surface area contributed by atoms with Gasteiger partial charge in [0.25, 0.3) is 5.69 Å². The molecular weight excluding hydrogens is 252 g/mol. The van der Waals surface area contributed by atoms with Gasteiger partial charge in [-0.3, -0.25) is 14.8 Å². The Morgan fingerprint density at radius 2 is 2.21 bits per heavy atom. The molecule has 0 aliphatic heterocycles. The number of carbonyl (C=O) groups is 1. The zero-order valence-corrected chi connectivity index (χ0v) is 9.90. The van der Waals surface area contributed by atoms with Gasteiger partial charge in [0, 0.05) is 25.0 Å². The summed E-state index contributed by atoms with van der Waals surface area (Å²) < 4.78 is 1.58. The maximum absolute atomic E-state index is 11.0. The van der Waals surface area contributed by atoms with Crippen LogP contribution in [0.2, 0.25) is 0 Å². The molecule has 0 amide bonds. The topological polar surface area (TPSA) is 110 Å². The largest absolute Gasteiger partial charge is 0.477 e. The van der Waals surface area contributed by atoms with Crippen molar-refractivity contribution in [2.24, 2.45) is 7.05 Å². The van der Waals surface area contributed by atoms with Crippen LogP contribution in [-0.4, -0.2) is 25.8 Å². The molecule has 0 fully saturated rings. The molecular formula is C11H10N4O4. The minimum Gasteiger partial charge on any atom is -0.477 e. The summed E-state index contributed by atoms with van der Waals surface area (Å²) in [5, 5.41) is 26.5. The minimum absolute atomic E-state index is 0.362. The average molecular weight is 262 g/mol. The number of nitro benzene ring substituents is 1. The first-order valence-electron chi connectivity index (χ1n) is 5.25. The van der Waals surface area contributed by atoms with Crippen LogP contribution in [0.5, 0.6) is 0 Å². The number of carboxylic acids is 1. The molecule has 0 atom stereocenters. The third-order valence-electron chi connectivity index (χ3n) is 2.42. The van der Waals surface area contributed by atoms with Crippen molar-refractivity contribution in [2.75, 3.05) is 5.32 Å². The summed E-state index contributed by atoms with van der Waals surface area (Å²) in [6, 6.07) is 3.81. The molecule has 1 aromatic carbocycles. The minimum atomic E-state index is -1.35. The second-order valence-corrected chi connectivity index (χ2v) is 3.82. The number of hydrogen-bond acceptors (Lipinski definition) is 5. The molecule has 19 heavy (non-hydrogen) atoms. The predicted octanol–water partition coefficient (Wildman–Crippen LogP) is 1.77. The molecule has 2 N–H and O–H groups in total. The summed E-state index contributed by atoms with van der Waals surface area (Å²) in [6.45, 7) is 0. The van der Waals surface area contributed by atoms with Gasteiger partial charge in [0.1, 0.15) is 5.56 Å². The van der Waals surface area contributed by atoms with Crippen LogP contribution in [0.4, 0.5) is 17.1 Å². The quantitative estimate of drug-likeness (QED) is 0.641. The number of aromatic nitrogens is 2. The van der Waals surface area contributed by atoms with Crippen molar-refractivity contribution in [1.29, 1.82) is 0 Å². The van der Waals surface area contributed by atoms with E-state index >= 15 is 0 Å². The lowest BCUT2D eigenvalue weighted by Gasteiger charge is -2.05. The summed E-state index contributed by atoms with van der Waals surface area (Å²) in [7, 11) is 1.74. The SMILES string of the molecule is Cn1cc(Nc2ccc([N+](=O)[O-])c(C(=O)O)c2)cn1.